The van der Waals surface area contributed by atoms with Gasteiger partial charge in [0.05, 0.1) is 5.69 Å². The van der Waals surface area contributed by atoms with Gasteiger partial charge in [-0.1, -0.05) is 106 Å². The van der Waals surface area contributed by atoms with Crippen molar-refractivity contribution >= 4 is 51.2 Å². The van der Waals surface area contributed by atoms with Crippen LogP contribution in [-0.2, 0) is 16.2 Å². The maximum absolute atomic E-state index is 14.4. The van der Waals surface area contributed by atoms with E-state index in [4.69, 9.17) is 4.74 Å². The van der Waals surface area contributed by atoms with Crippen molar-refractivity contribution in [3.05, 3.63) is 164 Å². The first-order valence-electron chi connectivity index (χ1n) is 17.3. The SMILES string of the molecule is Cc1ccc(COc2ccc(Br)cc2/C=C2\C(=O)NC(=O)N(c3cc4c5c(c3)[C@@H](c3ccccc3)CCN5CC[C@@H]4c3ccccc3)C2=O)cc1. The van der Waals surface area contributed by atoms with E-state index in [0.29, 0.717) is 23.6 Å². The number of urea groups is 1. The van der Waals surface area contributed by atoms with E-state index in [-0.39, 0.29) is 17.4 Å². The van der Waals surface area contributed by atoms with E-state index in [1.54, 1.807) is 12.1 Å². The summed E-state index contributed by atoms with van der Waals surface area (Å²) in [6.07, 6.45) is 3.33. The maximum Gasteiger partial charge on any atom is 0.335 e. The molecular weight excluding hydrogens is 702 g/mol. The number of hydrogen-bond acceptors (Lipinski definition) is 5. The van der Waals surface area contributed by atoms with E-state index >= 15 is 0 Å². The van der Waals surface area contributed by atoms with Gasteiger partial charge in [0.15, 0.2) is 0 Å². The third-order valence-corrected chi connectivity index (χ3v) is 10.6. The molecule has 1 N–H and O–H groups in total. The predicted molar refractivity (Wildman–Crippen MR) is 203 cm³/mol. The minimum Gasteiger partial charge on any atom is -0.488 e. The average molecular weight is 739 g/mol. The van der Waals surface area contributed by atoms with Gasteiger partial charge in [0.2, 0.25) is 0 Å². The molecule has 1 saturated heterocycles. The molecule has 0 aliphatic carbocycles. The number of imide groups is 2. The van der Waals surface area contributed by atoms with Crippen molar-refractivity contribution in [2.45, 2.75) is 38.2 Å². The zero-order chi connectivity index (χ0) is 35.1. The lowest BCUT2D eigenvalue weighted by molar-refractivity contribution is -0.122. The quantitative estimate of drug-likeness (QED) is 0.133. The Morgan fingerprint density at radius 1 is 0.784 bits per heavy atom. The number of halogens is 1. The van der Waals surface area contributed by atoms with E-state index < -0.39 is 17.8 Å². The molecule has 0 aromatic heterocycles. The first-order valence-corrected chi connectivity index (χ1v) is 18.1. The van der Waals surface area contributed by atoms with E-state index in [9.17, 15) is 14.4 Å². The van der Waals surface area contributed by atoms with Crippen molar-refractivity contribution in [2.75, 3.05) is 22.9 Å². The third-order valence-electron chi connectivity index (χ3n) is 10.1. The van der Waals surface area contributed by atoms with Crippen molar-refractivity contribution in [3.8, 4) is 5.75 Å². The molecule has 7 nitrogen and oxygen atoms in total. The summed E-state index contributed by atoms with van der Waals surface area (Å²) in [4.78, 5) is 45.0. The van der Waals surface area contributed by atoms with Gasteiger partial charge in [-0.15, -0.1) is 0 Å². The van der Waals surface area contributed by atoms with Gasteiger partial charge in [0, 0.05) is 40.6 Å². The van der Waals surface area contributed by atoms with Crippen molar-refractivity contribution in [2.24, 2.45) is 0 Å². The molecule has 51 heavy (non-hydrogen) atoms. The molecule has 3 aliphatic heterocycles. The van der Waals surface area contributed by atoms with Gasteiger partial charge < -0.3 is 9.64 Å². The van der Waals surface area contributed by atoms with Crippen LogP contribution in [0.25, 0.3) is 6.08 Å². The number of ether oxygens (including phenoxy) is 1. The molecule has 0 saturated carbocycles. The second-order valence-electron chi connectivity index (χ2n) is 13.4. The van der Waals surface area contributed by atoms with E-state index in [0.717, 1.165) is 57.6 Å². The van der Waals surface area contributed by atoms with Gasteiger partial charge in [0.1, 0.15) is 17.9 Å². The van der Waals surface area contributed by atoms with Crippen LogP contribution in [0.4, 0.5) is 16.2 Å². The predicted octanol–water partition coefficient (Wildman–Crippen LogP) is 8.88. The summed E-state index contributed by atoms with van der Waals surface area (Å²) >= 11 is 3.53. The minimum absolute atomic E-state index is 0.0835. The van der Waals surface area contributed by atoms with E-state index in [1.807, 2.05) is 61.5 Å². The second-order valence-corrected chi connectivity index (χ2v) is 14.3. The Labute approximate surface area is 305 Å². The number of nitrogens with zero attached hydrogens (tertiary/aromatic N) is 2. The Morgan fingerprint density at radius 2 is 1.39 bits per heavy atom. The number of nitrogens with one attached hydrogen (secondary N) is 1. The standard InChI is InChI=1S/C43H36BrN3O4/c1-27-12-14-28(15-13-27)26-51-39-17-16-32(44)22-31(39)23-38-41(48)45-43(50)47(42(38)49)33-24-36-34(29-8-4-2-5-9-29)18-20-46-21-19-35(37(25-33)40(36)46)30-10-6-3-7-11-30/h2-17,22-25,34-35H,18-21,26H2,1H3,(H,45,48,50)/b38-23+/t34-,35-/m1/s1. The smallest absolute Gasteiger partial charge is 0.335 e. The van der Waals surface area contributed by atoms with Crippen LogP contribution in [0.1, 0.15) is 63.6 Å². The highest BCUT2D eigenvalue weighted by Gasteiger charge is 2.40. The molecule has 0 spiro atoms. The molecule has 2 atom stereocenters. The van der Waals surface area contributed by atoms with Crippen molar-refractivity contribution in [1.29, 1.82) is 0 Å². The summed E-state index contributed by atoms with van der Waals surface area (Å²) in [5.41, 5.74) is 8.70. The lowest BCUT2D eigenvalue weighted by Gasteiger charge is -2.44. The number of aryl methyl sites for hydroxylation is 1. The van der Waals surface area contributed by atoms with Gasteiger partial charge in [-0.25, -0.2) is 9.69 Å². The number of barbiturate groups is 1. The van der Waals surface area contributed by atoms with Gasteiger partial charge >= 0.3 is 6.03 Å². The van der Waals surface area contributed by atoms with Gasteiger partial charge in [-0.2, -0.15) is 0 Å². The zero-order valence-corrected chi connectivity index (χ0v) is 29.7. The number of rotatable bonds is 7. The summed E-state index contributed by atoms with van der Waals surface area (Å²) in [6, 6.07) is 37.5. The Morgan fingerprint density at radius 3 is 2.00 bits per heavy atom. The maximum atomic E-state index is 14.4. The van der Waals surface area contributed by atoms with E-state index in [1.165, 1.54) is 22.9 Å². The number of amides is 4. The fourth-order valence-electron chi connectivity index (χ4n) is 7.63. The van der Waals surface area contributed by atoms with Crippen LogP contribution < -0.4 is 19.9 Å². The first-order chi connectivity index (χ1) is 24.8. The average Bonchev–Trinajstić information content (AvgIpc) is 3.14. The summed E-state index contributed by atoms with van der Waals surface area (Å²) in [5, 5.41) is 2.45. The molecule has 0 unspecified atom stereocenters. The molecular formula is C43H36BrN3O4. The summed E-state index contributed by atoms with van der Waals surface area (Å²) in [6.45, 7) is 4.18. The fourth-order valence-corrected chi connectivity index (χ4v) is 8.00. The number of anilines is 2. The molecule has 0 bridgehead atoms. The second kappa shape index (κ2) is 13.7. The van der Waals surface area contributed by atoms with Crippen LogP contribution >= 0.6 is 15.9 Å². The minimum atomic E-state index is -0.768. The summed E-state index contributed by atoms with van der Waals surface area (Å²) < 4.78 is 6.94. The van der Waals surface area contributed by atoms with Crippen LogP contribution in [0.15, 0.2) is 125 Å². The van der Waals surface area contributed by atoms with Crippen LogP contribution in [0.2, 0.25) is 0 Å². The molecule has 4 amide bonds. The third kappa shape index (κ3) is 6.36. The Bertz CT molecular complexity index is 2110. The van der Waals surface area contributed by atoms with Crippen molar-refractivity contribution in [3.63, 3.8) is 0 Å². The molecule has 8 heteroatoms. The van der Waals surface area contributed by atoms with Crippen LogP contribution in [0, 0.1) is 6.92 Å². The molecule has 3 heterocycles. The van der Waals surface area contributed by atoms with Crippen LogP contribution in [-0.4, -0.2) is 30.9 Å². The zero-order valence-electron chi connectivity index (χ0n) is 28.1. The highest BCUT2D eigenvalue weighted by molar-refractivity contribution is 9.10. The topological polar surface area (TPSA) is 79.0 Å². The van der Waals surface area contributed by atoms with Crippen molar-refractivity contribution < 1.29 is 19.1 Å². The molecule has 3 aliphatic rings. The number of carbonyl (C=O) groups is 3. The highest BCUT2D eigenvalue weighted by atomic mass is 79.9. The summed E-state index contributed by atoms with van der Waals surface area (Å²) in [5.74, 6) is -0.762. The molecule has 8 rings (SSSR count). The molecule has 254 valence electrons. The molecule has 0 radical (unpaired) electrons. The molecule has 1 fully saturated rings. The van der Waals surface area contributed by atoms with Crippen LogP contribution in [0.3, 0.4) is 0 Å². The Kier molecular flexibility index (Phi) is 8.78. The summed E-state index contributed by atoms with van der Waals surface area (Å²) in [7, 11) is 0. The Balaban J connectivity index is 1.21. The highest BCUT2D eigenvalue weighted by Crippen LogP contribution is 2.50. The largest absolute Gasteiger partial charge is 0.488 e. The van der Waals surface area contributed by atoms with Gasteiger partial charge in [0.25, 0.3) is 11.8 Å². The van der Waals surface area contributed by atoms with Gasteiger partial charge in [-0.05, 0) is 84.0 Å². The Hall–Kier alpha value is -5.47. The normalized spacial score (nSPS) is 19.2. The van der Waals surface area contributed by atoms with E-state index in [2.05, 4.69) is 74.7 Å². The number of hydrogen-bond donors (Lipinski definition) is 1. The lowest BCUT2D eigenvalue weighted by atomic mass is 9.76. The van der Waals surface area contributed by atoms with Crippen molar-refractivity contribution in [1.82, 2.24) is 5.32 Å². The lowest BCUT2D eigenvalue weighted by Crippen LogP contribution is -2.54. The first kappa shape index (κ1) is 32.7. The van der Waals surface area contributed by atoms with Crippen LogP contribution in [0.5, 0.6) is 5.75 Å². The number of carbonyl (C=O) groups excluding carboxylic acids is 3. The monoisotopic (exact) mass is 737 g/mol. The van der Waals surface area contributed by atoms with Gasteiger partial charge in [-0.3, -0.25) is 14.9 Å². The molecule has 5 aromatic carbocycles. The number of benzene rings is 5. The molecule has 5 aromatic rings. The fraction of sp³-hybridized carbons (Fsp3) is 0.186.